The first-order valence-corrected chi connectivity index (χ1v) is 8.84. The number of rotatable bonds is 5. The molecule has 0 radical (unpaired) electrons. The lowest BCUT2D eigenvalue weighted by Gasteiger charge is -2.26. The highest BCUT2D eigenvalue weighted by Crippen LogP contribution is 2.26. The van der Waals surface area contributed by atoms with Gasteiger partial charge in [-0.05, 0) is 48.9 Å². The van der Waals surface area contributed by atoms with Crippen LogP contribution in [0.4, 0.5) is 5.69 Å². The zero-order valence-corrected chi connectivity index (χ0v) is 14.8. The summed E-state index contributed by atoms with van der Waals surface area (Å²) >= 11 is 0. The van der Waals surface area contributed by atoms with E-state index < -0.39 is 0 Å². The molecule has 0 saturated carbocycles. The molecule has 0 aliphatic carbocycles. The summed E-state index contributed by atoms with van der Waals surface area (Å²) in [5.41, 5.74) is 7.98. The van der Waals surface area contributed by atoms with Crippen molar-refractivity contribution in [2.45, 2.75) is 6.42 Å². The molecule has 0 amide bonds. The van der Waals surface area contributed by atoms with Gasteiger partial charge >= 0.3 is 0 Å². The van der Waals surface area contributed by atoms with Crippen LogP contribution in [0.3, 0.4) is 0 Å². The average molecular weight is 352 g/mol. The second-order valence-corrected chi connectivity index (χ2v) is 6.21. The highest BCUT2D eigenvalue weighted by atomic mass is 16.5. The van der Waals surface area contributed by atoms with Gasteiger partial charge in [0, 0.05) is 36.4 Å². The first-order chi connectivity index (χ1) is 12.7. The van der Waals surface area contributed by atoms with Crippen LogP contribution >= 0.6 is 0 Å². The van der Waals surface area contributed by atoms with Gasteiger partial charge in [-0.3, -0.25) is 4.90 Å². The van der Waals surface area contributed by atoms with E-state index in [2.05, 4.69) is 16.7 Å². The molecule has 2 aromatic rings. The molecule has 1 saturated heterocycles. The third kappa shape index (κ3) is 5.41. The minimum atomic E-state index is 0.112. The zero-order valence-electron chi connectivity index (χ0n) is 14.8. The Labute approximate surface area is 154 Å². The number of hydrogen-bond donors (Lipinski definition) is 2. The Morgan fingerprint density at radius 2 is 1.73 bits per heavy atom. The zero-order chi connectivity index (χ0) is 18.2. The van der Waals surface area contributed by atoms with Crippen LogP contribution < -0.4 is 10.5 Å². The van der Waals surface area contributed by atoms with E-state index in [1.54, 1.807) is 12.1 Å². The van der Waals surface area contributed by atoms with Crippen molar-refractivity contribution in [1.29, 1.82) is 0 Å². The molecular formula is C21H24N2O3. The van der Waals surface area contributed by atoms with Crippen LogP contribution in [0, 0.1) is 11.8 Å². The molecule has 2 aromatic carbocycles. The van der Waals surface area contributed by atoms with E-state index in [0.29, 0.717) is 18.0 Å². The van der Waals surface area contributed by atoms with Crippen LogP contribution in [-0.4, -0.2) is 49.5 Å². The van der Waals surface area contributed by atoms with Crippen molar-refractivity contribution >= 4 is 5.69 Å². The number of phenols is 1. The molecule has 0 atom stereocenters. The fourth-order valence-corrected chi connectivity index (χ4v) is 2.72. The number of nitrogen functional groups attached to an aromatic ring is 1. The number of morpholine rings is 1. The number of ether oxygens (including phenoxy) is 2. The van der Waals surface area contributed by atoms with Gasteiger partial charge in [0.15, 0.2) is 11.5 Å². The van der Waals surface area contributed by atoms with E-state index in [9.17, 15) is 5.11 Å². The van der Waals surface area contributed by atoms with Crippen LogP contribution in [0.25, 0.3) is 0 Å². The van der Waals surface area contributed by atoms with Crippen molar-refractivity contribution in [3.8, 4) is 23.3 Å². The van der Waals surface area contributed by atoms with Crippen molar-refractivity contribution in [2.75, 3.05) is 45.2 Å². The minimum absolute atomic E-state index is 0.112. The minimum Gasteiger partial charge on any atom is -0.504 e. The quantitative estimate of drug-likeness (QED) is 0.492. The molecule has 1 aliphatic heterocycles. The summed E-state index contributed by atoms with van der Waals surface area (Å²) in [7, 11) is 0. The molecule has 0 aromatic heterocycles. The molecule has 3 N–H and O–H groups in total. The van der Waals surface area contributed by atoms with Gasteiger partial charge in [0.05, 0.1) is 19.8 Å². The summed E-state index contributed by atoms with van der Waals surface area (Å²) in [5, 5.41) is 10.1. The first kappa shape index (κ1) is 18.1. The monoisotopic (exact) mass is 352 g/mol. The molecule has 1 heterocycles. The Morgan fingerprint density at radius 3 is 2.46 bits per heavy atom. The third-order valence-corrected chi connectivity index (χ3v) is 4.20. The van der Waals surface area contributed by atoms with Crippen LogP contribution in [0.5, 0.6) is 11.5 Å². The fraction of sp³-hybridized carbons (Fsp3) is 0.333. The van der Waals surface area contributed by atoms with Crippen molar-refractivity contribution < 1.29 is 14.6 Å². The Hall–Kier alpha value is -2.68. The predicted octanol–water partition coefficient (Wildman–Crippen LogP) is 2.48. The molecular weight excluding hydrogens is 328 g/mol. The number of anilines is 1. The lowest BCUT2D eigenvalue weighted by Crippen LogP contribution is -2.37. The molecule has 26 heavy (non-hydrogen) atoms. The summed E-state index contributed by atoms with van der Waals surface area (Å²) < 4.78 is 11.0. The molecule has 5 nitrogen and oxygen atoms in total. The highest BCUT2D eigenvalue weighted by molar-refractivity contribution is 5.51. The molecule has 0 bridgehead atoms. The molecule has 5 heteroatoms. The van der Waals surface area contributed by atoms with E-state index in [0.717, 1.165) is 50.4 Å². The molecule has 136 valence electrons. The Bertz CT molecular complexity index is 772. The predicted molar refractivity (Wildman–Crippen MR) is 102 cm³/mol. The number of nitrogens with two attached hydrogens (primary N) is 1. The van der Waals surface area contributed by atoms with E-state index in [4.69, 9.17) is 15.2 Å². The van der Waals surface area contributed by atoms with Gasteiger partial charge in [0.25, 0.3) is 0 Å². The number of phenolic OH excluding ortho intramolecular Hbond substituents is 1. The van der Waals surface area contributed by atoms with E-state index >= 15 is 0 Å². The Balaban J connectivity index is 1.50. The lowest BCUT2D eigenvalue weighted by atomic mass is 10.1. The van der Waals surface area contributed by atoms with Gasteiger partial charge < -0.3 is 20.3 Å². The molecule has 0 spiro atoms. The highest BCUT2D eigenvalue weighted by Gasteiger charge is 2.09. The average Bonchev–Trinajstić information content (AvgIpc) is 2.67. The largest absolute Gasteiger partial charge is 0.504 e. The van der Waals surface area contributed by atoms with Crippen molar-refractivity contribution in [1.82, 2.24) is 4.90 Å². The maximum absolute atomic E-state index is 10.1. The van der Waals surface area contributed by atoms with E-state index in [1.807, 2.05) is 30.3 Å². The van der Waals surface area contributed by atoms with Gasteiger partial charge in [-0.1, -0.05) is 11.8 Å². The van der Waals surface area contributed by atoms with Crippen molar-refractivity contribution in [3.05, 3.63) is 53.6 Å². The van der Waals surface area contributed by atoms with E-state index in [1.165, 1.54) is 0 Å². The number of hydrogen-bond acceptors (Lipinski definition) is 5. The standard InChI is InChI=1S/C21H24N2O3/c22-19-7-4-17(5-8-19)2-3-18-6-9-21(20(24)16-18)26-13-1-10-23-11-14-25-15-12-23/h4-9,16,24H,1,10-15,22H2. The maximum Gasteiger partial charge on any atom is 0.160 e. The van der Waals surface area contributed by atoms with Gasteiger partial charge in [-0.25, -0.2) is 0 Å². The maximum atomic E-state index is 10.1. The van der Waals surface area contributed by atoms with Crippen LogP contribution in [0.1, 0.15) is 17.5 Å². The summed E-state index contributed by atoms with van der Waals surface area (Å²) in [6, 6.07) is 12.6. The SMILES string of the molecule is Nc1ccc(C#Cc2ccc(OCCCN3CCOCC3)c(O)c2)cc1. The second kappa shape index (κ2) is 9.14. The number of nitrogens with zero attached hydrogens (tertiary/aromatic N) is 1. The van der Waals surface area contributed by atoms with Gasteiger partial charge in [0.2, 0.25) is 0 Å². The summed E-state index contributed by atoms with van der Waals surface area (Å²) in [4.78, 5) is 2.36. The Morgan fingerprint density at radius 1 is 1.04 bits per heavy atom. The fourth-order valence-electron chi connectivity index (χ4n) is 2.72. The Kier molecular flexibility index (Phi) is 6.37. The summed E-state index contributed by atoms with van der Waals surface area (Å²) in [6.45, 7) is 5.12. The van der Waals surface area contributed by atoms with Crippen LogP contribution in [0.2, 0.25) is 0 Å². The summed E-state index contributed by atoms with van der Waals surface area (Å²) in [5.74, 6) is 6.69. The van der Waals surface area contributed by atoms with Crippen molar-refractivity contribution in [2.24, 2.45) is 0 Å². The topological polar surface area (TPSA) is 68.0 Å². The van der Waals surface area contributed by atoms with Crippen molar-refractivity contribution in [3.63, 3.8) is 0 Å². The number of benzene rings is 2. The van der Waals surface area contributed by atoms with Crippen LogP contribution in [0.15, 0.2) is 42.5 Å². The normalized spacial score (nSPS) is 14.5. The summed E-state index contributed by atoms with van der Waals surface area (Å²) in [6.07, 6.45) is 0.915. The number of aromatic hydroxyl groups is 1. The first-order valence-electron chi connectivity index (χ1n) is 8.84. The van der Waals surface area contributed by atoms with Gasteiger partial charge in [0.1, 0.15) is 0 Å². The smallest absolute Gasteiger partial charge is 0.160 e. The molecule has 3 rings (SSSR count). The third-order valence-electron chi connectivity index (χ3n) is 4.20. The lowest BCUT2D eigenvalue weighted by molar-refractivity contribution is 0.0357. The van der Waals surface area contributed by atoms with Gasteiger partial charge in [-0.2, -0.15) is 0 Å². The van der Waals surface area contributed by atoms with Gasteiger partial charge in [-0.15, -0.1) is 0 Å². The molecule has 0 unspecified atom stereocenters. The van der Waals surface area contributed by atoms with E-state index in [-0.39, 0.29) is 5.75 Å². The van der Waals surface area contributed by atoms with Crippen LogP contribution in [-0.2, 0) is 4.74 Å². The second-order valence-electron chi connectivity index (χ2n) is 6.21. The molecule has 1 fully saturated rings. The molecule has 1 aliphatic rings.